The first kappa shape index (κ1) is 8.80. The molecule has 0 aliphatic heterocycles. The van der Waals surface area contributed by atoms with Crippen LogP contribution in [0.4, 0.5) is 13.2 Å². The molecule has 3 N–H and O–H groups in total. The van der Waals surface area contributed by atoms with E-state index in [2.05, 4.69) is 0 Å². The molecule has 0 aromatic heterocycles. The zero-order valence-electron chi connectivity index (χ0n) is 6.02. The van der Waals surface area contributed by atoms with Crippen LogP contribution in [0.3, 0.4) is 0 Å². The normalized spacial score (nSPS) is 44.2. The molecule has 1 aliphatic rings. The first-order valence-corrected chi connectivity index (χ1v) is 3.30. The predicted molar refractivity (Wildman–Crippen MR) is 32.7 cm³/mol. The number of halogens is 3. The molecule has 0 heterocycles. The van der Waals surface area contributed by atoms with E-state index in [1.807, 2.05) is 0 Å². The van der Waals surface area contributed by atoms with Gasteiger partial charge in [0, 0.05) is 0 Å². The average Bonchev–Trinajstić information content (AvgIpc) is 2.36. The number of hydrogen-bond donors (Lipinski definition) is 2. The fraction of sp³-hybridized carbons (Fsp3) is 1.00. The smallest absolute Gasteiger partial charge is 0.393 e. The minimum atomic E-state index is -4.27. The van der Waals surface area contributed by atoms with Gasteiger partial charge in [-0.05, 0) is 5.92 Å². The van der Waals surface area contributed by atoms with Gasteiger partial charge in [0.15, 0.2) is 0 Å². The van der Waals surface area contributed by atoms with Gasteiger partial charge in [-0.15, -0.1) is 0 Å². The van der Waals surface area contributed by atoms with Crippen molar-refractivity contribution in [3.8, 4) is 0 Å². The van der Waals surface area contributed by atoms with Crippen molar-refractivity contribution in [3.63, 3.8) is 0 Å². The molecule has 0 bridgehead atoms. The monoisotopic (exact) mass is 169 g/mol. The third-order valence-corrected chi connectivity index (χ3v) is 2.44. The van der Waals surface area contributed by atoms with Gasteiger partial charge in [-0.25, -0.2) is 0 Å². The van der Waals surface area contributed by atoms with Gasteiger partial charge in [0.25, 0.3) is 0 Å². The van der Waals surface area contributed by atoms with Crippen molar-refractivity contribution in [1.29, 1.82) is 0 Å². The quantitative estimate of drug-likeness (QED) is 0.600. The van der Waals surface area contributed by atoms with Crippen LogP contribution < -0.4 is 5.73 Å². The summed E-state index contributed by atoms with van der Waals surface area (Å²) in [5.41, 5.74) is 3.83. The standard InChI is InChI=1S/C6H10F3NO/c1-3-4(6(7,8)9)5(3,10)2-11/h3-4,11H,2,10H2,1H3/t3-,4-,5-/m1/s1. The van der Waals surface area contributed by atoms with Crippen molar-refractivity contribution in [3.05, 3.63) is 0 Å². The number of nitrogens with two attached hydrogens (primary N) is 1. The van der Waals surface area contributed by atoms with Crippen LogP contribution in [-0.4, -0.2) is 23.4 Å². The van der Waals surface area contributed by atoms with Gasteiger partial charge in [0.2, 0.25) is 0 Å². The summed E-state index contributed by atoms with van der Waals surface area (Å²) in [6, 6.07) is 0. The molecular formula is C6H10F3NO. The first-order valence-electron chi connectivity index (χ1n) is 3.30. The Morgan fingerprint density at radius 3 is 2.09 bits per heavy atom. The molecule has 3 atom stereocenters. The van der Waals surface area contributed by atoms with Gasteiger partial charge in [0.1, 0.15) is 0 Å². The van der Waals surface area contributed by atoms with Gasteiger partial charge in [-0.3, -0.25) is 0 Å². The fourth-order valence-corrected chi connectivity index (χ4v) is 1.49. The molecule has 0 aromatic rings. The van der Waals surface area contributed by atoms with Crippen LogP contribution in [0.2, 0.25) is 0 Å². The molecule has 11 heavy (non-hydrogen) atoms. The number of rotatable bonds is 1. The summed E-state index contributed by atoms with van der Waals surface area (Å²) in [5, 5.41) is 8.54. The highest BCUT2D eigenvalue weighted by atomic mass is 19.4. The van der Waals surface area contributed by atoms with Gasteiger partial charge >= 0.3 is 6.18 Å². The average molecular weight is 169 g/mol. The number of aliphatic hydroxyl groups excluding tert-OH is 1. The Kier molecular flexibility index (Phi) is 1.68. The molecule has 5 heteroatoms. The van der Waals surface area contributed by atoms with E-state index in [-0.39, 0.29) is 0 Å². The summed E-state index contributed by atoms with van der Waals surface area (Å²) in [6.45, 7) is 0.798. The van der Waals surface area contributed by atoms with Crippen LogP contribution in [0.1, 0.15) is 6.92 Å². The lowest BCUT2D eigenvalue weighted by Gasteiger charge is -2.09. The lowest BCUT2D eigenvalue weighted by Crippen LogP contribution is -2.34. The predicted octanol–water partition coefficient (Wildman–Crippen LogP) is 0.504. The topological polar surface area (TPSA) is 46.2 Å². The second kappa shape index (κ2) is 2.10. The number of alkyl halides is 3. The Morgan fingerprint density at radius 1 is 1.55 bits per heavy atom. The SMILES string of the molecule is C[C@@H]1[C@@H](C(F)(F)F)[C@@]1(N)CO. The van der Waals surface area contributed by atoms with E-state index in [1.165, 1.54) is 6.92 Å². The molecule has 0 unspecified atom stereocenters. The summed E-state index contributed by atoms with van der Waals surface area (Å²) in [4.78, 5) is 0. The zero-order chi connectivity index (χ0) is 8.86. The maximum atomic E-state index is 12.0. The molecule has 1 aliphatic carbocycles. The zero-order valence-corrected chi connectivity index (χ0v) is 6.02. The van der Waals surface area contributed by atoms with Gasteiger partial charge in [0.05, 0.1) is 18.1 Å². The molecule has 2 nitrogen and oxygen atoms in total. The van der Waals surface area contributed by atoms with Crippen LogP contribution in [0, 0.1) is 11.8 Å². The first-order chi connectivity index (χ1) is 4.84. The van der Waals surface area contributed by atoms with Crippen molar-refractivity contribution < 1.29 is 18.3 Å². The second-order valence-corrected chi connectivity index (χ2v) is 3.08. The van der Waals surface area contributed by atoms with E-state index in [9.17, 15) is 13.2 Å². The lowest BCUT2D eigenvalue weighted by atomic mass is 10.2. The Balaban J connectivity index is 2.68. The van der Waals surface area contributed by atoms with Crippen molar-refractivity contribution in [2.24, 2.45) is 17.6 Å². The highest BCUT2D eigenvalue weighted by Gasteiger charge is 2.70. The van der Waals surface area contributed by atoms with E-state index in [0.29, 0.717) is 0 Å². The lowest BCUT2D eigenvalue weighted by molar-refractivity contribution is -0.155. The second-order valence-electron chi connectivity index (χ2n) is 3.08. The summed E-state index contributed by atoms with van der Waals surface area (Å²) < 4.78 is 35.9. The van der Waals surface area contributed by atoms with Crippen LogP contribution in [0.15, 0.2) is 0 Å². The summed E-state index contributed by atoms with van der Waals surface area (Å²) in [5.74, 6) is -2.19. The van der Waals surface area contributed by atoms with E-state index < -0.39 is 30.2 Å². The third-order valence-electron chi connectivity index (χ3n) is 2.44. The Labute approximate surface area is 62.2 Å². The van der Waals surface area contributed by atoms with Crippen LogP contribution in [0.25, 0.3) is 0 Å². The number of aliphatic hydroxyl groups is 1. The molecule has 0 amide bonds. The highest BCUT2D eigenvalue weighted by molar-refractivity contribution is 5.16. The van der Waals surface area contributed by atoms with E-state index in [4.69, 9.17) is 10.8 Å². The van der Waals surface area contributed by atoms with Gasteiger partial charge in [-0.1, -0.05) is 6.92 Å². The van der Waals surface area contributed by atoms with E-state index >= 15 is 0 Å². The fourth-order valence-electron chi connectivity index (χ4n) is 1.49. The van der Waals surface area contributed by atoms with Crippen LogP contribution in [-0.2, 0) is 0 Å². The van der Waals surface area contributed by atoms with Gasteiger partial charge in [-0.2, -0.15) is 13.2 Å². The van der Waals surface area contributed by atoms with Crippen molar-refractivity contribution >= 4 is 0 Å². The molecule has 0 aromatic carbocycles. The van der Waals surface area contributed by atoms with Crippen molar-refractivity contribution in [2.75, 3.05) is 6.61 Å². The molecule has 0 radical (unpaired) electrons. The number of hydrogen-bond acceptors (Lipinski definition) is 2. The Morgan fingerprint density at radius 2 is 2.00 bits per heavy atom. The highest BCUT2D eigenvalue weighted by Crippen LogP contribution is 2.56. The maximum Gasteiger partial charge on any atom is 0.393 e. The summed E-state index contributed by atoms with van der Waals surface area (Å²) >= 11 is 0. The Bertz CT molecular complexity index is 170. The molecular weight excluding hydrogens is 159 g/mol. The molecule has 66 valence electrons. The molecule has 0 saturated heterocycles. The van der Waals surface area contributed by atoms with Crippen molar-refractivity contribution in [2.45, 2.75) is 18.6 Å². The van der Waals surface area contributed by atoms with Crippen molar-refractivity contribution in [1.82, 2.24) is 0 Å². The minimum Gasteiger partial charge on any atom is -0.394 e. The molecule has 1 fully saturated rings. The van der Waals surface area contributed by atoms with Crippen LogP contribution >= 0.6 is 0 Å². The maximum absolute atomic E-state index is 12.0. The molecule has 0 spiro atoms. The summed E-state index contributed by atoms with van der Waals surface area (Å²) in [7, 11) is 0. The van der Waals surface area contributed by atoms with E-state index in [1.54, 1.807) is 0 Å². The van der Waals surface area contributed by atoms with Crippen LogP contribution in [0.5, 0.6) is 0 Å². The van der Waals surface area contributed by atoms with E-state index in [0.717, 1.165) is 0 Å². The minimum absolute atomic E-state index is 0.599. The third kappa shape index (κ3) is 1.12. The summed E-state index contributed by atoms with van der Waals surface area (Å²) in [6.07, 6.45) is -4.27. The van der Waals surface area contributed by atoms with Gasteiger partial charge < -0.3 is 10.8 Å². The Hall–Kier alpha value is -0.290. The largest absolute Gasteiger partial charge is 0.394 e. The molecule has 1 rings (SSSR count). The molecule has 1 saturated carbocycles.